The van der Waals surface area contributed by atoms with Gasteiger partial charge in [-0.1, -0.05) is 37.1 Å². The van der Waals surface area contributed by atoms with Crippen LogP contribution in [0.1, 0.15) is 44.7 Å². The highest BCUT2D eigenvalue weighted by atomic mass is 35.5. The van der Waals surface area contributed by atoms with E-state index < -0.39 is 0 Å². The molecule has 28 heavy (non-hydrogen) atoms. The molecule has 0 aliphatic heterocycles. The lowest BCUT2D eigenvalue weighted by molar-refractivity contribution is -0.120. The second-order valence-electron chi connectivity index (χ2n) is 7.25. The summed E-state index contributed by atoms with van der Waals surface area (Å²) in [5.41, 5.74) is 6.64. The minimum atomic E-state index is -0.0912. The maximum Gasteiger partial charge on any atom is 0.246 e. The van der Waals surface area contributed by atoms with Gasteiger partial charge in [0.2, 0.25) is 5.91 Å². The zero-order chi connectivity index (χ0) is 19.5. The normalized spacial score (nSPS) is 17.1. The minimum Gasteiger partial charge on any atom is -0.294 e. The number of carbonyl (C=O) groups is 1. The fourth-order valence-corrected chi connectivity index (χ4v) is 4.59. The molecule has 1 aliphatic rings. The molecule has 5 nitrogen and oxygen atoms in total. The van der Waals surface area contributed by atoms with E-state index in [2.05, 4.69) is 22.4 Å². The van der Waals surface area contributed by atoms with Crippen LogP contribution in [0.15, 0.2) is 40.9 Å². The molecule has 2 heterocycles. The lowest BCUT2D eigenvalue weighted by atomic mass is 9.86. The number of aromatic nitrogens is 2. The van der Waals surface area contributed by atoms with Crippen molar-refractivity contribution >= 4 is 39.5 Å². The third-order valence-corrected chi connectivity index (χ3v) is 6.50. The van der Waals surface area contributed by atoms with Crippen LogP contribution in [0, 0.1) is 5.92 Å². The Bertz CT molecular complexity index is 995. The Kier molecular flexibility index (Phi) is 5.78. The molecule has 0 saturated heterocycles. The highest BCUT2D eigenvalue weighted by molar-refractivity contribution is 7.15. The maximum absolute atomic E-state index is 12.4. The molecule has 0 radical (unpaired) electrons. The lowest BCUT2D eigenvalue weighted by Gasteiger charge is -2.21. The summed E-state index contributed by atoms with van der Waals surface area (Å²) in [7, 11) is 0. The molecule has 0 atom stereocenters. The van der Waals surface area contributed by atoms with Gasteiger partial charge < -0.3 is 0 Å². The smallest absolute Gasteiger partial charge is 0.246 e. The highest BCUT2D eigenvalue weighted by Gasteiger charge is 2.17. The number of hydrazone groups is 1. The van der Waals surface area contributed by atoms with E-state index in [9.17, 15) is 4.79 Å². The van der Waals surface area contributed by atoms with Gasteiger partial charge in [0.1, 0.15) is 0 Å². The summed E-state index contributed by atoms with van der Waals surface area (Å²) >= 11 is 7.49. The highest BCUT2D eigenvalue weighted by Crippen LogP contribution is 2.26. The summed E-state index contributed by atoms with van der Waals surface area (Å²) in [4.78, 5) is 17.9. The first-order chi connectivity index (χ1) is 13.6. The molecule has 3 aromatic rings. The average Bonchev–Trinajstić information content (AvgIpc) is 3.29. The number of halogens is 1. The average molecular weight is 415 g/mol. The largest absolute Gasteiger partial charge is 0.294 e. The van der Waals surface area contributed by atoms with Crippen molar-refractivity contribution in [3.05, 3.63) is 46.6 Å². The van der Waals surface area contributed by atoms with Gasteiger partial charge in [-0.2, -0.15) is 5.10 Å². The summed E-state index contributed by atoms with van der Waals surface area (Å²) in [5, 5.41) is 7.04. The molecular formula is C21H23ClN4OS. The van der Waals surface area contributed by atoms with Crippen LogP contribution in [0.25, 0.3) is 16.2 Å². The molecule has 1 amide bonds. The van der Waals surface area contributed by atoms with Gasteiger partial charge in [-0.15, -0.1) is 11.3 Å². The number of thiazole rings is 1. The van der Waals surface area contributed by atoms with Crippen LogP contribution in [0.2, 0.25) is 5.02 Å². The minimum absolute atomic E-state index is 0.0912. The van der Waals surface area contributed by atoms with Gasteiger partial charge in [-0.05, 0) is 43.7 Å². The third-order valence-electron chi connectivity index (χ3n) is 5.36. The molecule has 0 unspecified atom stereocenters. The standard InChI is InChI=1S/C21H23ClN4OS/c1-2-14-3-9-17(10-4-14)24-25-20(27)11-18-13-28-21-23-19(12-26(18)21)15-5-7-16(22)8-6-15/h5-8,12-14H,2-4,9-11H2,1H3,(H,25,27). The van der Waals surface area contributed by atoms with Crippen LogP contribution in [-0.2, 0) is 11.2 Å². The molecule has 0 spiro atoms. The number of fused-ring (bicyclic) bond motifs is 1. The van der Waals surface area contributed by atoms with E-state index in [1.54, 1.807) is 0 Å². The van der Waals surface area contributed by atoms with Gasteiger partial charge in [-0.25, -0.2) is 10.4 Å². The number of amides is 1. The van der Waals surface area contributed by atoms with Gasteiger partial charge in [0.25, 0.3) is 0 Å². The summed E-state index contributed by atoms with van der Waals surface area (Å²) in [5.74, 6) is 0.719. The van der Waals surface area contributed by atoms with Crippen molar-refractivity contribution in [1.29, 1.82) is 0 Å². The predicted octanol–water partition coefficient (Wildman–Crippen LogP) is 5.33. The van der Waals surface area contributed by atoms with Crippen molar-refractivity contribution in [1.82, 2.24) is 14.8 Å². The predicted molar refractivity (Wildman–Crippen MR) is 115 cm³/mol. The number of carbonyl (C=O) groups excluding carboxylic acids is 1. The molecule has 0 bridgehead atoms. The van der Waals surface area contributed by atoms with Crippen LogP contribution in [0.4, 0.5) is 0 Å². The summed E-state index contributed by atoms with van der Waals surface area (Å²) in [6, 6.07) is 7.60. The summed E-state index contributed by atoms with van der Waals surface area (Å²) in [6.07, 6.45) is 7.83. The van der Waals surface area contributed by atoms with Crippen LogP contribution in [0.3, 0.4) is 0 Å². The number of hydrogen-bond acceptors (Lipinski definition) is 4. The Balaban J connectivity index is 1.42. The number of nitrogens with zero attached hydrogens (tertiary/aromatic N) is 3. The van der Waals surface area contributed by atoms with Crippen LogP contribution < -0.4 is 5.43 Å². The van der Waals surface area contributed by atoms with Crippen molar-refractivity contribution < 1.29 is 4.79 Å². The van der Waals surface area contributed by atoms with Gasteiger partial charge in [0, 0.05) is 33.6 Å². The number of hydrogen-bond donors (Lipinski definition) is 1. The van der Waals surface area contributed by atoms with Crippen LogP contribution in [-0.4, -0.2) is 21.0 Å². The number of imidazole rings is 1. The van der Waals surface area contributed by atoms with Crippen molar-refractivity contribution in [2.24, 2.45) is 11.0 Å². The van der Waals surface area contributed by atoms with E-state index in [1.807, 2.05) is 40.2 Å². The second kappa shape index (κ2) is 8.45. The molecule has 1 N–H and O–H groups in total. The van der Waals surface area contributed by atoms with E-state index in [0.717, 1.165) is 46.4 Å². The first-order valence-electron chi connectivity index (χ1n) is 9.68. The topological polar surface area (TPSA) is 58.8 Å². The molecule has 1 saturated carbocycles. The van der Waals surface area contributed by atoms with Crippen molar-refractivity contribution in [3.8, 4) is 11.3 Å². The molecule has 1 fully saturated rings. The van der Waals surface area contributed by atoms with Gasteiger partial charge in [0.05, 0.1) is 12.1 Å². The van der Waals surface area contributed by atoms with Crippen molar-refractivity contribution in [3.63, 3.8) is 0 Å². The fourth-order valence-electron chi connectivity index (χ4n) is 3.59. The maximum atomic E-state index is 12.4. The van der Waals surface area contributed by atoms with E-state index in [1.165, 1.54) is 30.6 Å². The van der Waals surface area contributed by atoms with E-state index >= 15 is 0 Å². The first kappa shape index (κ1) is 19.2. The first-order valence-corrected chi connectivity index (χ1v) is 10.9. The van der Waals surface area contributed by atoms with E-state index in [4.69, 9.17) is 11.6 Å². The summed E-state index contributed by atoms with van der Waals surface area (Å²) in [6.45, 7) is 2.24. The Hall–Kier alpha value is -2.18. The molecule has 4 rings (SSSR count). The zero-order valence-electron chi connectivity index (χ0n) is 15.8. The Morgan fingerprint density at radius 1 is 1.32 bits per heavy atom. The molecule has 146 valence electrons. The molecule has 2 aromatic heterocycles. The molecule has 1 aliphatic carbocycles. The molecule has 1 aromatic carbocycles. The SMILES string of the molecule is CCC1CCC(=NNC(=O)Cc2csc3nc(-c4ccc(Cl)cc4)cn23)CC1. The number of benzene rings is 1. The number of nitrogens with one attached hydrogen (secondary N) is 1. The van der Waals surface area contributed by atoms with Gasteiger partial charge >= 0.3 is 0 Å². The third kappa shape index (κ3) is 4.28. The quantitative estimate of drug-likeness (QED) is 0.573. The zero-order valence-corrected chi connectivity index (χ0v) is 17.4. The lowest BCUT2D eigenvalue weighted by Crippen LogP contribution is -2.23. The monoisotopic (exact) mass is 414 g/mol. The number of rotatable bonds is 5. The van der Waals surface area contributed by atoms with E-state index in [-0.39, 0.29) is 12.3 Å². The Morgan fingerprint density at radius 2 is 2.07 bits per heavy atom. The van der Waals surface area contributed by atoms with Crippen LogP contribution in [0.5, 0.6) is 0 Å². The van der Waals surface area contributed by atoms with E-state index in [0.29, 0.717) is 5.02 Å². The summed E-state index contributed by atoms with van der Waals surface area (Å²) < 4.78 is 1.98. The molecular weight excluding hydrogens is 392 g/mol. The molecule has 7 heteroatoms. The van der Waals surface area contributed by atoms with Crippen molar-refractivity contribution in [2.45, 2.75) is 45.4 Å². The Labute approximate surface area is 173 Å². The van der Waals surface area contributed by atoms with Crippen LogP contribution >= 0.6 is 22.9 Å². The van der Waals surface area contributed by atoms with Gasteiger partial charge in [-0.3, -0.25) is 9.20 Å². The van der Waals surface area contributed by atoms with Crippen molar-refractivity contribution in [2.75, 3.05) is 0 Å². The van der Waals surface area contributed by atoms with Gasteiger partial charge in [0.15, 0.2) is 4.96 Å². The fraction of sp³-hybridized carbons (Fsp3) is 0.381. The Morgan fingerprint density at radius 3 is 2.79 bits per heavy atom. The second-order valence-corrected chi connectivity index (χ2v) is 8.53.